The molecule has 0 bridgehead atoms. The second-order valence-electron chi connectivity index (χ2n) is 5.30. The standard InChI is InChI=1S/C13H20BrN3O2/c1-4-10-12(14)11(16(3)15-10)7-17-5-8(2)9(6-17)13(18)19/h8-9H,4-7H2,1-3H3,(H,18,19). The summed E-state index contributed by atoms with van der Waals surface area (Å²) in [5, 5.41) is 13.6. The zero-order valence-corrected chi connectivity index (χ0v) is 13.1. The minimum atomic E-state index is -0.687. The van der Waals surface area contributed by atoms with Crippen LogP contribution in [0.1, 0.15) is 25.2 Å². The van der Waals surface area contributed by atoms with Crippen LogP contribution in [0, 0.1) is 11.8 Å². The van der Waals surface area contributed by atoms with Crippen molar-refractivity contribution in [3.05, 3.63) is 15.9 Å². The average Bonchev–Trinajstić information content (AvgIpc) is 2.84. The van der Waals surface area contributed by atoms with E-state index in [0.717, 1.165) is 35.4 Å². The first kappa shape index (κ1) is 14.5. The Labute approximate surface area is 121 Å². The lowest BCUT2D eigenvalue weighted by molar-refractivity contribution is -0.142. The van der Waals surface area contributed by atoms with E-state index in [-0.39, 0.29) is 11.8 Å². The summed E-state index contributed by atoms with van der Waals surface area (Å²) >= 11 is 3.60. The molecule has 1 saturated heterocycles. The number of hydrogen-bond donors (Lipinski definition) is 1. The Kier molecular flexibility index (Phi) is 4.30. The average molecular weight is 330 g/mol. The van der Waals surface area contributed by atoms with E-state index in [1.54, 1.807) is 0 Å². The van der Waals surface area contributed by atoms with Gasteiger partial charge >= 0.3 is 5.97 Å². The highest BCUT2D eigenvalue weighted by molar-refractivity contribution is 9.10. The Bertz CT molecular complexity index is 486. The highest BCUT2D eigenvalue weighted by Crippen LogP contribution is 2.28. The van der Waals surface area contributed by atoms with E-state index >= 15 is 0 Å². The molecule has 0 aromatic carbocycles. The topological polar surface area (TPSA) is 58.4 Å². The van der Waals surface area contributed by atoms with Crippen LogP contribution in [0.25, 0.3) is 0 Å². The van der Waals surface area contributed by atoms with Gasteiger partial charge in [-0.1, -0.05) is 13.8 Å². The van der Waals surface area contributed by atoms with Gasteiger partial charge in [0.1, 0.15) is 0 Å². The third kappa shape index (κ3) is 2.84. The van der Waals surface area contributed by atoms with Crippen LogP contribution in [0.15, 0.2) is 4.47 Å². The number of aryl methyl sites for hydroxylation is 2. The van der Waals surface area contributed by atoms with Gasteiger partial charge in [0.2, 0.25) is 0 Å². The minimum Gasteiger partial charge on any atom is -0.481 e. The maximum Gasteiger partial charge on any atom is 0.308 e. The molecule has 1 aliphatic heterocycles. The summed E-state index contributed by atoms with van der Waals surface area (Å²) in [7, 11) is 1.94. The molecule has 0 saturated carbocycles. The molecule has 5 nitrogen and oxygen atoms in total. The lowest BCUT2D eigenvalue weighted by atomic mass is 9.99. The summed E-state index contributed by atoms with van der Waals surface area (Å²) in [5.74, 6) is -0.735. The number of carboxylic acids is 1. The molecular weight excluding hydrogens is 310 g/mol. The Morgan fingerprint density at radius 3 is 2.68 bits per heavy atom. The maximum absolute atomic E-state index is 11.1. The molecule has 2 atom stereocenters. The molecule has 2 rings (SSSR count). The third-order valence-corrected chi connectivity index (χ3v) is 4.80. The minimum absolute atomic E-state index is 0.204. The van der Waals surface area contributed by atoms with Gasteiger partial charge in [-0.25, -0.2) is 0 Å². The van der Waals surface area contributed by atoms with Gasteiger partial charge in [0.25, 0.3) is 0 Å². The van der Waals surface area contributed by atoms with Crippen LogP contribution in [-0.4, -0.2) is 38.8 Å². The fraction of sp³-hybridized carbons (Fsp3) is 0.692. The Morgan fingerprint density at radius 1 is 1.53 bits per heavy atom. The largest absolute Gasteiger partial charge is 0.481 e. The first-order valence-corrected chi connectivity index (χ1v) is 7.38. The monoisotopic (exact) mass is 329 g/mol. The van der Waals surface area contributed by atoms with E-state index in [0.29, 0.717) is 6.54 Å². The highest BCUT2D eigenvalue weighted by Gasteiger charge is 2.35. The molecule has 2 heterocycles. The third-order valence-electron chi connectivity index (χ3n) is 3.88. The van der Waals surface area contributed by atoms with Crippen molar-refractivity contribution in [3.63, 3.8) is 0 Å². The van der Waals surface area contributed by atoms with Crippen molar-refractivity contribution in [1.82, 2.24) is 14.7 Å². The molecule has 1 N–H and O–H groups in total. The molecule has 1 fully saturated rings. The van der Waals surface area contributed by atoms with Crippen LogP contribution >= 0.6 is 15.9 Å². The normalized spacial score (nSPS) is 24.0. The van der Waals surface area contributed by atoms with Gasteiger partial charge in [-0.2, -0.15) is 5.10 Å². The van der Waals surface area contributed by atoms with Crippen LogP contribution in [0.4, 0.5) is 0 Å². The van der Waals surface area contributed by atoms with E-state index in [4.69, 9.17) is 5.11 Å². The van der Waals surface area contributed by atoms with E-state index in [9.17, 15) is 4.79 Å². The number of hydrogen-bond acceptors (Lipinski definition) is 3. The van der Waals surface area contributed by atoms with E-state index in [1.165, 1.54) is 0 Å². The van der Waals surface area contributed by atoms with Gasteiger partial charge in [-0.05, 0) is 28.3 Å². The maximum atomic E-state index is 11.1. The van der Waals surface area contributed by atoms with Crippen LogP contribution < -0.4 is 0 Å². The van der Waals surface area contributed by atoms with Crippen LogP contribution in [-0.2, 0) is 24.8 Å². The lowest BCUT2D eigenvalue weighted by Crippen LogP contribution is -2.24. The molecular formula is C13H20BrN3O2. The zero-order valence-electron chi connectivity index (χ0n) is 11.6. The van der Waals surface area contributed by atoms with Crippen molar-refractivity contribution < 1.29 is 9.90 Å². The summed E-state index contributed by atoms with van der Waals surface area (Å²) in [5.41, 5.74) is 2.18. The van der Waals surface area contributed by atoms with Crippen LogP contribution in [0.3, 0.4) is 0 Å². The molecule has 19 heavy (non-hydrogen) atoms. The number of likely N-dealkylation sites (tertiary alicyclic amines) is 1. The Morgan fingerprint density at radius 2 is 2.21 bits per heavy atom. The fourth-order valence-electron chi connectivity index (χ4n) is 2.72. The molecule has 0 spiro atoms. The van der Waals surface area contributed by atoms with E-state index in [1.807, 2.05) is 18.7 Å². The Balaban J connectivity index is 2.11. The molecule has 0 amide bonds. The molecule has 0 radical (unpaired) electrons. The van der Waals surface area contributed by atoms with Crippen molar-refractivity contribution in [1.29, 1.82) is 0 Å². The summed E-state index contributed by atoms with van der Waals surface area (Å²) in [4.78, 5) is 13.3. The first-order valence-electron chi connectivity index (χ1n) is 6.59. The number of halogens is 1. The number of rotatable bonds is 4. The van der Waals surface area contributed by atoms with Crippen molar-refractivity contribution in [2.45, 2.75) is 26.8 Å². The second kappa shape index (κ2) is 5.63. The molecule has 0 aliphatic carbocycles. The quantitative estimate of drug-likeness (QED) is 0.916. The van der Waals surface area contributed by atoms with Crippen molar-refractivity contribution in [3.8, 4) is 0 Å². The molecule has 6 heteroatoms. The van der Waals surface area contributed by atoms with Crippen molar-refractivity contribution >= 4 is 21.9 Å². The molecule has 1 aromatic rings. The number of nitrogens with zero attached hydrogens (tertiary/aromatic N) is 3. The summed E-state index contributed by atoms with van der Waals surface area (Å²) < 4.78 is 2.95. The van der Waals surface area contributed by atoms with Gasteiger partial charge in [0, 0.05) is 26.7 Å². The number of carbonyl (C=O) groups is 1. The SMILES string of the molecule is CCc1nn(C)c(CN2CC(C)C(C(=O)O)C2)c1Br. The van der Waals surface area contributed by atoms with Gasteiger partial charge in [-0.15, -0.1) is 0 Å². The molecule has 1 aliphatic rings. The van der Waals surface area contributed by atoms with Gasteiger partial charge in [-0.3, -0.25) is 14.4 Å². The van der Waals surface area contributed by atoms with Crippen LogP contribution in [0.2, 0.25) is 0 Å². The summed E-state index contributed by atoms with van der Waals surface area (Å²) in [6.45, 7) is 6.29. The number of aromatic nitrogens is 2. The van der Waals surface area contributed by atoms with Gasteiger partial charge in [0.05, 0.1) is 21.8 Å². The second-order valence-corrected chi connectivity index (χ2v) is 6.09. The summed E-state index contributed by atoms with van der Waals surface area (Å²) in [6, 6.07) is 0. The number of aliphatic carboxylic acids is 1. The smallest absolute Gasteiger partial charge is 0.308 e. The van der Waals surface area contributed by atoms with E-state index in [2.05, 4.69) is 32.9 Å². The Hall–Kier alpha value is -0.880. The first-order chi connectivity index (χ1) is 8.93. The molecule has 106 valence electrons. The van der Waals surface area contributed by atoms with Gasteiger partial charge < -0.3 is 5.11 Å². The number of carboxylic acid groups (broad SMARTS) is 1. The van der Waals surface area contributed by atoms with Gasteiger partial charge in [0.15, 0.2) is 0 Å². The van der Waals surface area contributed by atoms with Crippen molar-refractivity contribution in [2.24, 2.45) is 18.9 Å². The summed E-state index contributed by atoms with van der Waals surface area (Å²) in [6.07, 6.45) is 0.891. The predicted molar refractivity (Wildman–Crippen MR) is 75.9 cm³/mol. The highest BCUT2D eigenvalue weighted by atomic mass is 79.9. The predicted octanol–water partition coefficient (Wildman–Crippen LogP) is 1.90. The molecule has 1 aromatic heterocycles. The molecule has 2 unspecified atom stereocenters. The zero-order chi connectivity index (χ0) is 14.2. The van der Waals surface area contributed by atoms with Crippen molar-refractivity contribution in [2.75, 3.05) is 13.1 Å². The van der Waals surface area contributed by atoms with E-state index < -0.39 is 5.97 Å². The van der Waals surface area contributed by atoms with Crippen LogP contribution in [0.5, 0.6) is 0 Å². The fourth-order valence-corrected chi connectivity index (χ4v) is 3.46. The lowest BCUT2D eigenvalue weighted by Gasteiger charge is -2.15.